The van der Waals surface area contributed by atoms with E-state index in [0.29, 0.717) is 25.1 Å². The van der Waals surface area contributed by atoms with Gasteiger partial charge in [0, 0.05) is 14.2 Å². The number of phosphoric ester groups is 2. The zero-order chi connectivity index (χ0) is 16.1. The lowest BCUT2D eigenvalue weighted by Crippen LogP contribution is -2.09. The molecule has 0 radical (unpaired) electrons. The molecule has 0 spiro atoms. The Bertz CT molecular complexity index is 291. The second kappa shape index (κ2) is 17.9. The van der Waals surface area contributed by atoms with Crippen LogP contribution in [-0.2, 0) is 27.2 Å². The van der Waals surface area contributed by atoms with Gasteiger partial charge < -0.3 is 24.6 Å². The lowest BCUT2D eigenvalue weighted by molar-refractivity contribution is -0.222. The van der Waals surface area contributed by atoms with Gasteiger partial charge in [0.25, 0.3) is 7.82 Å². The van der Waals surface area contributed by atoms with Gasteiger partial charge in [0.15, 0.2) is 0 Å². The Kier molecular flexibility index (Phi) is 24.7. The molecule has 0 saturated carbocycles. The average molecular weight is 386 g/mol. The van der Waals surface area contributed by atoms with Crippen LogP contribution in [0.2, 0.25) is 0 Å². The van der Waals surface area contributed by atoms with Crippen LogP contribution >= 0.6 is 28.3 Å². The largest absolute Gasteiger partial charge is 0.756 e. The van der Waals surface area contributed by atoms with Crippen molar-refractivity contribution >= 4 is 28.3 Å². The van der Waals surface area contributed by atoms with Crippen LogP contribution in [0.15, 0.2) is 0 Å². The first-order chi connectivity index (χ1) is 9.24. The van der Waals surface area contributed by atoms with Crippen molar-refractivity contribution in [3.8, 4) is 0 Å². The van der Waals surface area contributed by atoms with Crippen LogP contribution in [0.25, 0.3) is 0 Å². The van der Waals surface area contributed by atoms with Gasteiger partial charge in [0.05, 0.1) is 13.2 Å². The number of hydrogen-bond donors (Lipinski definition) is 3. The molecule has 0 aliphatic heterocycles. The van der Waals surface area contributed by atoms with Crippen molar-refractivity contribution in [1.29, 1.82) is 0 Å². The zero-order valence-corrected chi connectivity index (χ0v) is 14.1. The van der Waals surface area contributed by atoms with E-state index in [1.165, 1.54) is 0 Å². The molecule has 0 aliphatic carbocycles. The lowest BCUT2D eigenvalue weighted by atomic mass is 10.5. The van der Waals surface area contributed by atoms with Crippen molar-refractivity contribution in [2.45, 2.75) is 27.7 Å². The molecule has 0 fully saturated rings. The van der Waals surface area contributed by atoms with E-state index < -0.39 is 15.6 Å². The highest BCUT2D eigenvalue weighted by atomic mass is 32.1. The van der Waals surface area contributed by atoms with E-state index in [9.17, 15) is 14.0 Å². The van der Waals surface area contributed by atoms with Gasteiger partial charge in [-0.15, -0.1) is 0 Å². The van der Waals surface area contributed by atoms with Crippen molar-refractivity contribution in [2.75, 3.05) is 39.7 Å². The Hall–Kier alpha value is 0.530. The molecule has 0 amide bonds. The summed E-state index contributed by atoms with van der Waals surface area (Å²) in [6.07, 6.45) is 1.15. The third kappa shape index (κ3) is 22.8. The molecule has 2 unspecified atom stereocenters. The lowest BCUT2D eigenvalue weighted by Gasteiger charge is -2.19. The van der Waals surface area contributed by atoms with Gasteiger partial charge in [-0.1, -0.05) is 14.9 Å². The molecule has 0 aromatic heterocycles. The zero-order valence-electron chi connectivity index (χ0n) is 11.5. The van der Waals surface area contributed by atoms with Crippen molar-refractivity contribution in [3.05, 3.63) is 0 Å². The second-order valence-corrected chi connectivity index (χ2v) is 6.69. The minimum absolute atomic E-state index is 0. The number of rotatable bonds is 10. The van der Waals surface area contributed by atoms with Crippen LogP contribution < -0.4 is 10.6 Å². The van der Waals surface area contributed by atoms with E-state index in [-0.39, 0.29) is 28.1 Å². The fourth-order valence-electron chi connectivity index (χ4n) is 0.610. The van der Waals surface area contributed by atoms with Crippen LogP contribution in [-0.4, -0.2) is 44.6 Å². The average Bonchev–Trinajstić information content (AvgIpc) is 2.40. The number of phosphoric acid groups is 2. The predicted octanol–water partition coefficient (Wildman–Crippen LogP) is 1.81. The van der Waals surface area contributed by atoms with Gasteiger partial charge in [-0.3, -0.25) is 13.6 Å². The topological polar surface area (TPSA) is 140 Å². The number of thiol groups is 1. The van der Waals surface area contributed by atoms with Crippen molar-refractivity contribution < 1.29 is 37.0 Å². The van der Waals surface area contributed by atoms with Gasteiger partial charge >= 0.3 is 7.82 Å². The Morgan fingerprint density at radius 3 is 1.95 bits per heavy atom. The molecule has 3 N–H and O–H groups in total. The molecule has 12 heteroatoms. The Morgan fingerprint density at radius 2 is 1.59 bits per heavy atom. The highest BCUT2D eigenvalue weighted by Gasteiger charge is 2.16. The maximum Gasteiger partial charge on any atom is 0.471 e. The maximum absolute atomic E-state index is 10.5. The van der Waals surface area contributed by atoms with Gasteiger partial charge in [0.2, 0.25) is 0 Å². The van der Waals surface area contributed by atoms with Gasteiger partial charge in [-0.2, -0.15) is 12.6 Å². The van der Waals surface area contributed by atoms with Crippen molar-refractivity contribution in [1.82, 2.24) is 0 Å². The molecular weight excluding hydrogens is 356 g/mol. The first-order valence-corrected chi connectivity index (χ1v) is 9.18. The third-order valence-electron chi connectivity index (χ3n) is 1.61. The van der Waals surface area contributed by atoms with Gasteiger partial charge in [0.1, 0.15) is 0 Å². The molecule has 2 atom stereocenters. The van der Waals surface area contributed by atoms with Gasteiger partial charge in [-0.05, 0) is 25.1 Å². The summed E-state index contributed by atoms with van der Waals surface area (Å²) in [4.78, 5) is 19.1. The number of hydrogen-bond acceptors (Lipinski definition) is 9. The molecule has 0 rings (SSSR count). The smallest absolute Gasteiger partial charge is 0.471 e. The molecule has 0 aromatic carbocycles. The first-order valence-electron chi connectivity index (χ1n) is 5.60. The van der Waals surface area contributed by atoms with E-state index in [1.807, 2.05) is 0 Å². The molecule has 0 bridgehead atoms. The molecule has 9 nitrogen and oxygen atoms in total. The minimum atomic E-state index is -4.01. The summed E-state index contributed by atoms with van der Waals surface area (Å²) in [6, 6.07) is 0. The van der Waals surface area contributed by atoms with Crippen LogP contribution in [0.4, 0.5) is 0 Å². The Morgan fingerprint density at radius 1 is 1.09 bits per heavy atom. The Labute approximate surface area is 139 Å². The molecule has 0 aromatic rings. The molecule has 0 heterocycles. The van der Waals surface area contributed by atoms with Crippen LogP contribution in [0.3, 0.4) is 0 Å². The normalized spacial score (nSPS) is 15.2. The summed E-state index contributed by atoms with van der Waals surface area (Å²) in [5, 5.41) is 0. The van der Waals surface area contributed by atoms with E-state index in [2.05, 4.69) is 30.7 Å². The Balaban J connectivity index is -0.000000135. The van der Waals surface area contributed by atoms with E-state index in [4.69, 9.17) is 10.6 Å². The van der Waals surface area contributed by atoms with E-state index in [0.717, 1.165) is 14.2 Å². The van der Waals surface area contributed by atoms with E-state index in [1.54, 1.807) is 0 Å². The quantitative estimate of drug-likeness (QED) is 0.291. The van der Waals surface area contributed by atoms with Crippen LogP contribution in [0, 0.1) is 0 Å². The number of nitrogens with two attached hydrogens (primary N) is 1. The minimum Gasteiger partial charge on any atom is -0.756 e. The highest BCUT2D eigenvalue weighted by Crippen LogP contribution is 2.41. The fourth-order valence-corrected chi connectivity index (χ4v) is 1.66. The molecule has 140 valence electrons. The monoisotopic (exact) mass is 386 g/mol. The van der Waals surface area contributed by atoms with E-state index >= 15 is 0 Å². The molecule has 22 heavy (non-hydrogen) atoms. The predicted molar refractivity (Wildman–Crippen MR) is 89.0 cm³/mol. The first kappa shape index (κ1) is 30.4. The summed E-state index contributed by atoms with van der Waals surface area (Å²) in [7, 11) is -5.57. The van der Waals surface area contributed by atoms with Gasteiger partial charge in [-0.25, -0.2) is 4.57 Å². The van der Waals surface area contributed by atoms with Crippen molar-refractivity contribution in [3.63, 3.8) is 0 Å². The second-order valence-electron chi connectivity index (χ2n) is 3.17. The highest BCUT2D eigenvalue weighted by molar-refractivity contribution is 7.80. The summed E-state index contributed by atoms with van der Waals surface area (Å²) in [6.45, 7) is 0.694. The van der Waals surface area contributed by atoms with Crippen molar-refractivity contribution in [2.24, 2.45) is 5.73 Å². The SMILES string of the molecule is C.C.COP(=O)(O)OCCCS.COP(=O)([O-])OCCCN. The standard InChI is InChI=1S/C4H12NO4P.C4H11O4PS.2CH4/c1-8-10(6,7)9-4-2-3-5;1-7-9(5,6)8-3-2-4-10;;/h2-5H2,1H3,(H,6,7);10H,2-4H2,1H3,(H,5,6);2*1H4/p-1. The summed E-state index contributed by atoms with van der Waals surface area (Å²) < 4.78 is 37.9. The molecular formula is C10H30NO8P2S-. The van der Waals surface area contributed by atoms with Crippen LogP contribution in [0.1, 0.15) is 27.7 Å². The third-order valence-corrected chi connectivity index (χ3v) is 3.84. The van der Waals surface area contributed by atoms with Crippen LogP contribution in [0.5, 0.6) is 0 Å². The maximum atomic E-state index is 10.5. The fraction of sp³-hybridized carbons (Fsp3) is 1.00. The summed E-state index contributed by atoms with van der Waals surface area (Å²) >= 11 is 3.89. The molecule has 0 saturated heterocycles. The molecule has 0 aliphatic rings. The summed E-state index contributed by atoms with van der Waals surface area (Å²) in [5.74, 6) is 0.629. The summed E-state index contributed by atoms with van der Waals surface area (Å²) in [5.41, 5.74) is 5.09.